The quantitative estimate of drug-likeness (QED) is 0.760. The van der Waals surface area contributed by atoms with E-state index in [1.165, 1.54) is 0 Å². The monoisotopic (exact) mass is 296 g/mol. The van der Waals surface area contributed by atoms with E-state index >= 15 is 0 Å². The van der Waals surface area contributed by atoms with Crippen LogP contribution >= 0.6 is 0 Å². The fraction of sp³-hybridized carbons (Fsp3) is 0.867. The molecular weight excluding hydrogens is 268 g/mol. The number of nitrogens with one attached hydrogen (secondary N) is 1. The van der Waals surface area contributed by atoms with Crippen LogP contribution in [0.2, 0.25) is 0 Å². The first-order valence-corrected chi connectivity index (χ1v) is 8.18. The molecule has 2 rings (SSSR count). The number of rotatable bonds is 5. The van der Waals surface area contributed by atoms with Crippen LogP contribution < -0.4 is 5.32 Å². The number of likely N-dealkylation sites (N-methyl/N-ethyl adjacent to an activating group) is 1. The van der Waals surface area contributed by atoms with Crippen molar-refractivity contribution < 1.29 is 9.59 Å². The van der Waals surface area contributed by atoms with Gasteiger partial charge in [0.2, 0.25) is 11.8 Å². The minimum absolute atomic E-state index is 0.0221. The van der Waals surface area contributed by atoms with Crippen LogP contribution in [0, 0.1) is 0 Å². The molecule has 0 aromatic rings. The van der Waals surface area contributed by atoms with E-state index in [0.29, 0.717) is 6.54 Å². The van der Waals surface area contributed by atoms with Crippen molar-refractivity contribution in [2.45, 2.75) is 32.7 Å². The topological polar surface area (TPSA) is 55.9 Å². The van der Waals surface area contributed by atoms with Crippen molar-refractivity contribution in [2.75, 3.05) is 52.4 Å². The van der Waals surface area contributed by atoms with Crippen LogP contribution in [0.5, 0.6) is 0 Å². The summed E-state index contributed by atoms with van der Waals surface area (Å²) in [5.74, 6) is 0.430. The maximum Gasteiger partial charge on any atom is 0.239 e. The zero-order chi connectivity index (χ0) is 15.2. The molecule has 2 aliphatic rings. The number of piperazine rings is 1. The zero-order valence-corrected chi connectivity index (χ0v) is 13.3. The van der Waals surface area contributed by atoms with Gasteiger partial charge >= 0.3 is 0 Å². The predicted octanol–water partition coefficient (Wildman–Crippen LogP) is -0.249. The molecule has 1 N–H and O–H groups in total. The SMILES string of the molecule is CCN(CC)C(=O)CN1CCN(C(=O)C2CCCN2)CC1. The van der Waals surface area contributed by atoms with Crippen molar-refractivity contribution in [3.63, 3.8) is 0 Å². The Morgan fingerprint density at radius 2 is 1.81 bits per heavy atom. The smallest absolute Gasteiger partial charge is 0.239 e. The van der Waals surface area contributed by atoms with Gasteiger partial charge in [0.05, 0.1) is 12.6 Å². The molecule has 6 nitrogen and oxygen atoms in total. The molecule has 2 aliphatic heterocycles. The lowest BCUT2D eigenvalue weighted by molar-refractivity contribution is -0.136. The average Bonchev–Trinajstić information content (AvgIpc) is 3.03. The highest BCUT2D eigenvalue weighted by molar-refractivity contribution is 5.82. The normalized spacial score (nSPS) is 23.3. The number of carbonyl (C=O) groups is 2. The van der Waals surface area contributed by atoms with Gasteiger partial charge in [0, 0.05) is 39.3 Å². The summed E-state index contributed by atoms with van der Waals surface area (Å²) in [6.07, 6.45) is 2.05. The minimum atomic E-state index is 0.0221. The fourth-order valence-corrected chi connectivity index (χ4v) is 3.11. The number of hydrogen-bond donors (Lipinski definition) is 1. The third-order valence-corrected chi connectivity index (χ3v) is 4.52. The molecule has 0 aromatic heterocycles. The highest BCUT2D eigenvalue weighted by atomic mass is 16.2. The molecule has 1 unspecified atom stereocenters. The summed E-state index contributed by atoms with van der Waals surface area (Å²) in [6, 6.07) is 0.0221. The molecule has 0 aromatic carbocycles. The molecule has 21 heavy (non-hydrogen) atoms. The van der Waals surface area contributed by atoms with Gasteiger partial charge in [-0.25, -0.2) is 0 Å². The second-order valence-corrected chi connectivity index (χ2v) is 5.82. The van der Waals surface area contributed by atoms with Crippen molar-refractivity contribution in [1.82, 2.24) is 20.0 Å². The van der Waals surface area contributed by atoms with E-state index in [4.69, 9.17) is 0 Å². The molecule has 6 heteroatoms. The molecule has 0 aliphatic carbocycles. The lowest BCUT2D eigenvalue weighted by Gasteiger charge is -2.36. The Morgan fingerprint density at radius 1 is 1.14 bits per heavy atom. The molecule has 0 radical (unpaired) electrons. The van der Waals surface area contributed by atoms with Gasteiger partial charge in [0.25, 0.3) is 0 Å². The van der Waals surface area contributed by atoms with Crippen molar-refractivity contribution in [1.29, 1.82) is 0 Å². The summed E-state index contributed by atoms with van der Waals surface area (Å²) >= 11 is 0. The van der Waals surface area contributed by atoms with Crippen LogP contribution in [0.25, 0.3) is 0 Å². The van der Waals surface area contributed by atoms with Crippen molar-refractivity contribution in [3.8, 4) is 0 Å². The van der Waals surface area contributed by atoms with Gasteiger partial charge in [-0.05, 0) is 33.2 Å². The van der Waals surface area contributed by atoms with E-state index in [-0.39, 0.29) is 17.9 Å². The molecule has 0 bridgehead atoms. The highest BCUT2D eigenvalue weighted by Gasteiger charge is 2.29. The van der Waals surface area contributed by atoms with Gasteiger partial charge in [0.15, 0.2) is 0 Å². The van der Waals surface area contributed by atoms with E-state index < -0.39 is 0 Å². The Balaban J connectivity index is 1.75. The van der Waals surface area contributed by atoms with Crippen LogP contribution in [0.3, 0.4) is 0 Å². The van der Waals surface area contributed by atoms with Crippen LogP contribution in [-0.2, 0) is 9.59 Å². The van der Waals surface area contributed by atoms with E-state index in [1.807, 2.05) is 23.6 Å². The fourth-order valence-electron chi connectivity index (χ4n) is 3.11. The van der Waals surface area contributed by atoms with Crippen molar-refractivity contribution in [2.24, 2.45) is 0 Å². The second-order valence-electron chi connectivity index (χ2n) is 5.82. The molecule has 2 saturated heterocycles. The largest absolute Gasteiger partial charge is 0.342 e. The van der Waals surface area contributed by atoms with Gasteiger partial charge in [-0.3, -0.25) is 14.5 Å². The summed E-state index contributed by atoms with van der Waals surface area (Å²) in [4.78, 5) is 30.4. The van der Waals surface area contributed by atoms with Gasteiger partial charge in [-0.1, -0.05) is 0 Å². The number of hydrogen-bond acceptors (Lipinski definition) is 4. The van der Waals surface area contributed by atoms with E-state index in [1.54, 1.807) is 0 Å². The maximum atomic E-state index is 12.3. The molecule has 2 fully saturated rings. The van der Waals surface area contributed by atoms with Gasteiger partial charge in [0.1, 0.15) is 0 Å². The number of nitrogens with zero attached hydrogens (tertiary/aromatic N) is 3. The molecule has 0 saturated carbocycles. The lowest BCUT2D eigenvalue weighted by atomic mass is 10.2. The number of carbonyl (C=O) groups excluding carboxylic acids is 2. The van der Waals surface area contributed by atoms with Gasteiger partial charge in [-0.15, -0.1) is 0 Å². The lowest BCUT2D eigenvalue weighted by Crippen LogP contribution is -2.54. The molecule has 0 spiro atoms. The second kappa shape index (κ2) is 7.75. The average molecular weight is 296 g/mol. The molecular formula is C15H28N4O2. The van der Waals surface area contributed by atoms with Crippen LogP contribution in [0.15, 0.2) is 0 Å². The summed E-state index contributed by atoms with van der Waals surface area (Å²) in [5, 5.41) is 3.26. The van der Waals surface area contributed by atoms with E-state index in [9.17, 15) is 9.59 Å². The summed E-state index contributed by atoms with van der Waals surface area (Å²) in [6.45, 7) is 10.0. The van der Waals surface area contributed by atoms with Crippen LogP contribution in [0.4, 0.5) is 0 Å². The molecule has 2 heterocycles. The Kier molecular flexibility index (Phi) is 5.99. The van der Waals surface area contributed by atoms with Gasteiger partial charge < -0.3 is 15.1 Å². The minimum Gasteiger partial charge on any atom is -0.342 e. The Labute approximate surface area is 127 Å². The first-order chi connectivity index (χ1) is 10.2. The summed E-state index contributed by atoms with van der Waals surface area (Å²) in [5.41, 5.74) is 0. The van der Waals surface area contributed by atoms with Crippen LogP contribution in [-0.4, -0.2) is 84.9 Å². The van der Waals surface area contributed by atoms with Crippen molar-refractivity contribution in [3.05, 3.63) is 0 Å². The Hall–Kier alpha value is -1.14. The highest BCUT2D eigenvalue weighted by Crippen LogP contribution is 2.11. The Bertz CT molecular complexity index is 357. The standard InChI is InChI=1S/C15H28N4O2/c1-3-18(4-2)14(20)12-17-8-10-19(11-9-17)15(21)13-6-5-7-16-13/h13,16H,3-12H2,1-2H3. The zero-order valence-electron chi connectivity index (χ0n) is 13.3. The van der Waals surface area contributed by atoms with E-state index in [0.717, 1.165) is 58.7 Å². The first kappa shape index (κ1) is 16.2. The predicted molar refractivity (Wildman–Crippen MR) is 82.0 cm³/mol. The van der Waals surface area contributed by atoms with Crippen molar-refractivity contribution >= 4 is 11.8 Å². The van der Waals surface area contributed by atoms with Gasteiger partial charge in [-0.2, -0.15) is 0 Å². The van der Waals surface area contributed by atoms with E-state index in [2.05, 4.69) is 10.2 Å². The molecule has 120 valence electrons. The molecule has 1 atom stereocenters. The summed E-state index contributed by atoms with van der Waals surface area (Å²) in [7, 11) is 0. The Morgan fingerprint density at radius 3 is 2.33 bits per heavy atom. The molecule has 2 amide bonds. The maximum absolute atomic E-state index is 12.3. The number of amides is 2. The third-order valence-electron chi connectivity index (χ3n) is 4.52. The third kappa shape index (κ3) is 4.17. The summed E-state index contributed by atoms with van der Waals surface area (Å²) < 4.78 is 0. The van der Waals surface area contributed by atoms with Crippen LogP contribution in [0.1, 0.15) is 26.7 Å². The first-order valence-electron chi connectivity index (χ1n) is 8.18.